The van der Waals surface area contributed by atoms with E-state index in [-0.39, 0.29) is 24.1 Å². The molecule has 2 aromatic carbocycles. The number of rotatable bonds is 5. The number of hydrogen-bond acceptors (Lipinski definition) is 3. The normalized spacial score (nSPS) is 18.4. The summed E-state index contributed by atoms with van der Waals surface area (Å²) < 4.78 is 27.1. The number of hydrogen-bond donors (Lipinski definition) is 1. The zero-order valence-corrected chi connectivity index (χ0v) is 15.7. The second-order valence-electron chi connectivity index (χ2n) is 6.74. The van der Waals surface area contributed by atoms with Gasteiger partial charge in [-0.2, -0.15) is 0 Å². The van der Waals surface area contributed by atoms with Crippen molar-refractivity contribution in [2.75, 3.05) is 18.4 Å². The maximum absolute atomic E-state index is 12.8. The molecule has 1 heterocycles. The fraction of sp³-hybridized carbons (Fsp3) is 0.350. The Hall–Kier alpha value is -2.18. The summed E-state index contributed by atoms with van der Waals surface area (Å²) >= 11 is 0. The lowest BCUT2D eigenvalue weighted by Crippen LogP contribution is -2.44. The Morgan fingerprint density at radius 3 is 2.54 bits per heavy atom. The molecule has 0 bridgehead atoms. The van der Waals surface area contributed by atoms with Gasteiger partial charge >= 0.3 is 0 Å². The van der Waals surface area contributed by atoms with Crippen LogP contribution in [0.1, 0.15) is 24.0 Å². The first-order chi connectivity index (χ1) is 12.5. The van der Waals surface area contributed by atoms with Crippen LogP contribution in [0.2, 0.25) is 0 Å². The van der Waals surface area contributed by atoms with E-state index in [9.17, 15) is 13.2 Å². The van der Waals surface area contributed by atoms with Gasteiger partial charge in [0.2, 0.25) is 15.9 Å². The highest BCUT2D eigenvalue weighted by molar-refractivity contribution is 7.88. The molecule has 1 atom stereocenters. The van der Waals surface area contributed by atoms with E-state index in [4.69, 9.17) is 0 Å². The summed E-state index contributed by atoms with van der Waals surface area (Å²) in [5.74, 6) is -0.463. The van der Waals surface area contributed by atoms with E-state index >= 15 is 0 Å². The minimum atomic E-state index is -3.44. The van der Waals surface area contributed by atoms with Crippen LogP contribution >= 0.6 is 0 Å². The van der Waals surface area contributed by atoms with E-state index in [1.807, 2.05) is 61.5 Å². The van der Waals surface area contributed by atoms with Crippen LogP contribution < -0.4 is 5.32 Å². The van der Waals surface area contributed by atoms with Gasteiger partial charge in [0.15, 0.2) is 0 Å². The highest BCUT2D eigenvalue weighted by Crippen LogP contribution is 2.23. The van der Waals surface area contributed by atoms with Gasteiger partial charge in [0.05, 0.1) is 11.7 Å². The van der Waals surface area contributed by atoms with E-state index < -0.39 is 10.0 Å². The van der Waals surface area contributed by atoms with Crippen LogP contribution in [-0.4, -0.2) is 31.7 Å². The molecule has 0 aromatic heterocycles. The first-order valence-electron chi connectivity index (χ1n) is 8.84. The Bertz CT molecular complexity index is 866. The molecule has 1 N–H and O–H groups in total. The summed E-state index contributed by atoms with van der Waals surface area (Å²) in [6.45, 7) is 2.63. The fourth-order valence-electron chi connectivity index (χ4n) is 3.23. The summed E-state index contributed by atoms with van der Waals surface area (Å²) in [4.78, 5) is 12.5. The molecule has 6 heteroatoms. The number of carbonyl (C=O) groups is 1. The molecular formula is C20H24N2O3S. The van der Waals surface area contributed by atoms with Crippen LogP contribution in [0.25, 0.3) is 0 Å². The molecule has 138 valence electrons. The Morgan fingerprint density at radius 1 is 1.12 bits per heavy atom. The van der Waals surface area contributed by atoms with Gasteiger partial charge in [-0.25, -0.2) is 12.7 Å². The lowest BCUT2D eigenvalue weighted by Gasteiger charge is -2.31. The van der Waals surface area contributed by atoms with Gasteiger partial charge in [-0.15, -0.1) is 0 Å². The van der Waals surface area contributed by atoms with Gasteiger partial charge in [0, 0.05) is 18.8 Å². The quantitative estimate of drug-likeness (QED) is 0.877. The van der Waals surface area contributed by atoms with Crippen LogP contribution in [0.15, 0.2) is 54.6 Å². The number of anilines is 1. The lowest BCUT2D eigenvalue weighted by molar-refractivity contribution is -0.120. The van der Waals surface area contributed by atoms with Crippen LogP contribution in [0.5, 0.6) is 0 Å². The van der Waals surface area contributed by atoms with Gasteiger partial charge in [-0.3, -0.25) is 4.79 Å². The number of benzene rings is 2. The molecule has 0 spiro atoms. The monoisotopic (exact) mass is 372 g/mol. The Morgan fingerprint density at radius 2 is 1.81 bits per heavy atom. The van der Waals surface area contributed by atoms with Crippen molar-refractivity contribution in [2.24, 2.45) is 5.92 Å². The summed E-state index contributed by atoms with van der Waals surface area (Å²) in [6.07, 6.45) is 1.40. The molecule has 26 heavy (non-hydrogen) atoms. The number of aryl methyl sites for hydroxylation is 1. The zero-order chi connectivity index (χ0) is 18.6. The molecule has 1 aliphatic heterocycles. The van der Waals surface area contributed by atoms with Crippen LogP contribution in [-0.2, 0) is 20.6 Å². The van der Waals surface area contributed by atoms with Crippen molar-refractivity contribution in [2.45, 2.75) is 25.5 Å². The first-order valence-corrected chi connectivity index (χ1v) is 10.4. The molecule has 5 nitrogen and oxygen atoms in total. The molecule has 0 radical (unpaired) electrons. The minimum Gasteiger partial charge on any atom is -0.326 e. The molecular weight excluding hydrogens is 348 g/mol. The minimum absolute atomic E-state index is 0.0211. The number of para-hydroxylation sites is 1. The molecule has 1 amide bonds. The van der Waals surface area contributed by atoms with Gasteiger partial charge in [-0.05, 0) is 43.0 Å². The third kappa shape index (κ3) is 4.51. The number of carbonyl (C=O) groups excluding carboxylic acids is 1. The molecule has 2 aromatic rings. The molecule has 1 fully saturated rings. The van der Waals surface area contributed by atoms with Crippen molar-refractivity contribution in [1.29, 1.82) is 0 Å². The summed E-state index contributed by atoms with van der Waals surface area (Å²) in [6, 6.07) is 16.8. The number of amides is 1. The molecule has 0 unspecified atom stereocenters. The SMILES string of the molecule is Cc1ccccc1CS(=O)(=O)N1CCC[C@@H](C(=O)Nc2ccccc2)C1. The first kappa shape index (κ1) is 18.6. The standard InChI is InChI=1S/C20H24N2O3S/c1-16-8-5-6-9-18(16)15-26(24,25)22-13-7-10-17(14-22)20(23)21-19-11-3-2-4-12-19/h2-6,8-9,11-12,17H,7,10,13-15H2,1H3,(H,21,23)/t17-/m1/s1. The summed E-state index contributed by atoms with van der Waals surface area (Å²) in [7, 11) is -3.44. The summed E-state index contributed by atoms with van der Waals surface area (Å²) in [5, 5.41) is 2.88. The average molecular weight is 372 g/mol. The third-order valence-electron chi connectivity index (χ3n) is 4.79. The largest absolute Gasteiger partial charge is 0.326 e. The molecule has 1 saturated heterocycles. The Kier molecular flexibility index (Phi) is 5.74. The van der Waals surface area contributed by atoms with Crippen molar-refractivity contribution >= 4 is 21.6 Å². The van der Waals surface area contributed by atoms with Gasteiger partial charge in [-0.1, -0.05) is 42.5 Å². The second kappa shape index (κ2) is 8.01. The third-order valence-corrected chi connectivity index (χ3v) is 6.58. The molecule has 1 aliphatic rings. The van der Waals surface area contributed by atoms with Crippen LogP contribution in [0.3, 0.4) is 0 Å². The van der Waals surface area contributed by atoms with Gasteiger partial charge < -0.3 is 5.32 Å². The molecule has 0 saturated carbocycles. The van der Waals surface area contributed by atoms with Crippen LogP contribution in [0.4, 0.5) is 5.69 Å². The van der Waals surface area contributed by atoms with Gasteiger partial charge in [0.25, 0.3) is 0 Å². The number of sulfonamides is 1. The Balaban J connectivity index is 1.67. The van der Waals surface area contributed by atoms with Crippen molar-refractivity contribution in [3.05, 3.63) is 65.7 Å². The maximum atomic E-state index is 12.8. The topological polar surface area (TPSA) is 66.5 Å². The number of piperidine rings is 1. The predicted molar refractivity (Wildman–Crippen MR) is 103 cm³/mol. The van der Waals surface area contributed by atoms with Crippen molar-refractivity contribution in [1.82, 2.24) is 4.31 Å². The molecule has 3 rings (SSSR count). The predicted octanol–water partition coefficient (Wildman–Crippen LogP) is 3.18. The van der Waals surface area contributed by atoms with Crippen molar-refractivity contribution in [3.8, 4) is 0 Å². The summed E-state index contributed by atoms with van der Waals surface area (Å²) in [5.41, 5.74) is 2.51. The number of nitrogens with zero attached hydrogens (tertiary/aromatic N) is 1. The van der Waals surface area contributed by atoms with E-state index in [1.165, 1.54) is 4.31 Å². The zero-order valence-electron chi connectivity index (χ0n) is 14.9. The van der Waals surface area contributed by atoms with Crippen LogP contribution in [0, 0.1) is 12.8 Å². The van der Waals surface area contributed by atoms with Gasteiger partial charge in [0.1, 0.15) is 0 Å². The van der Waals surface area contributed by atoms with E-state index in [1.54, 1.807) is 0 Å². The number of nitrogens with one attached hydrogen (secondary N) is 1. The maximum Gasteiger partial charge on any atom is 0.228 e. The lowest BCUT2D eigenvalue weighted by atomic mass is 9.99. The van der Waals surface area contributed by atoms with E-state index in [2.05, 4.69) is 5.32 Å². The highest BCUT2D eigenvalue weighted by atomic mass is 32.2. The van der Waals surface area contributed by atoms with Crippen molar-refractivity contribution < 1.29 is 13.2 Å². The van der Waals surface area contributed by atoms with E-state index in [0.29, 0.717) is 19.4 Å². The highest BCUT2D eigenvalue weighted by Gasteiger charge is 2.32. The smallest absolute Gasteiger partial charge is 0.228 e. The Labute approximate surface area is 155 Å². The average Bonchev–Trinajstić information content (AvgIpc) is 2.64. The molecule has 0 aliphatic carbocycles. The second-order valence-corrected chi connectivity index (χ2v) is 8.70. The van der Waals surface area contributed by atoms with E-state index in [0.717, 1.165) is 16.8 Å². The fourth-order valence-corrected chi connectivity index (χ4v) is 4.95. The van der Waals surface area contributed by atoms with Crippen molar-refractivity contribution in [3.63, 3.8) is 0 Å².